The molecule has 0 aliphatic heterocycles. The molecule has 50 valence electrons. The van der Waals surface area contributed by atoms with Crippen LogP contribution in [0, 0.1) is 0 Å². The van der Waals surface area contributed by atoms with E-state index in [0.717, 1.165) is 6.92 Å². The van der Waals surface area contributed by atoms with Crippen LogP contribution in [0.15, 0.2) is 18.5 Å². The van der Waals surface area contributed by atoms with Crippen LogP contribution in [0.4, 0.5) is 0 Å². The van der Waals surface area contributed by atoms with Gasteiger partial charge in [0.2, 0.25) is 0 Å². The number of hydrogen-bond acceptors (Lipinski definition) is 2. The van der Waals surface area contributed by atoms with E-state index >= 15 is 0 Å². The maximum absolute atomic E-state index is 9.00. The van der Waals surface area contributed by atoms with Crippen LogP contribution in [0.5, 0.6) is 0 Å². The van der Waals surface area contributed by atoms with E-state index in [1.807, 2.05) is 6.07 Å². The summed E-state index contributed by atoms with van der Waals surface area (Å²) in [6.07, 6.45) is 3.46. The van der Waals surface area contributed by atoms with Gasteiger partial charge in [0.05, 0.1) is 0 Å². The minimum atomic E-state index is -0.833. The van der Waals surface area contributed by atoms with Crippen LogP contribution in [0.3, 0.4) is 0 Å². The summed E-state index contributed by atoms with van der Waals surface area (Å²) in [5.41, 5.74) is 0. The van der Waals surface area contributed by atoms with Gasteiger partial charge in [-0.25, -0.2) is 0 Å². The van der Waals surface area contributed by atoms with E-state index < -0.39 is 5.97 Å². The fourth-order valence-corrected chi connectivity index (χ4v) is 0.215. The molecule has 0 aromatic carbocycles. The highest BCUT2D eigenvalue weighted by molar-refractivity contribution is 5.62. The summed E-state index contributed by atoms with van der Waals surface area (Å²) in [7, 11) is 0. The predicted molar refractivity (Wildman–Crippen MR) is 31.9 cm³/mol. The molecule has 1 aromatic rings. The van der Waals surface area contributed by atoms with Crippen molar-refractivity contribution in [1.29, 1.82) is 0 Å². The van der Waals surface area contributed by atoms with Crippen molar-refractivity contribution >= 4 is 5.97 Å². The van der Waals surface area contributed by atoms with Crippen LogP contribution in [0.25, 0.3) is 0 Å². The van der Waals surface area contributed by atoms with E-state index in [-0.39, 0.29) is 0 Å². The molecule has 0 aliphatic carbocycles. The largest absolute Gasteiger partial charge is 0.481 e. The summed E-state index contributed by atoms with van der Waals surface area (Å²) in [4.78, 5) is 9.00. The van der Waals surface area contributed by atoms with Crippen LogP contribution < -0.4 is 0 Å². The number of H-pyrrole nitrogens is 1. The van der Waals surface area contributed by atoms with Crippen molar-refractivity contribution in [2.75, 3.05) is 0 Å². The second kappa shape index (κ2) is 4.83. The van der Waals surface area contributed by atoms with Crippen molar-refractivity contribution in [3.05, 3.63) is 18.5 Å². The predicted octanol–water partition coefficient (Wildman–Crippen LogP) is 0.501. The number of carboxylic acids is 1. The SMILES string of the molecule is CC(=O)O.c1cn[nH]c1. The molecule has 0 amide bonds. The highest BCUT2D eigenvalue weighted by Crippen LogP contribution is 1.64. The van der Waals surface area contributed by atoms with Gasteiger partial charge in [-0.05, 0) is 6.07 Å². The van der Waals surface area contributed by atoms with Crippen LogP contribution in [0.2, 0.25) is 0 Å². The number of nitrogens with zero attached hydrogens (tertiary/aromatic N) is 1. The number of carboxylic acid groups (broad SMARTS) is 1. The van der Waals surface area contributed by atoms with Crippen molar-refractivity contribution in [2.24, 2.45) is 0 Å². The van der Waals surface area contributed by atoms with Gasteiger partial charge in [-0.15, -0.1) is 0 Å². The van der Waals surface area contributed by atoms with E-state index in [9.17, 15) is 0 Å². The molecule has 0 aliphatic rings. The third-order valence-electron chi connectivity index (χ3n) is 0.406. The van der Waals surface area contributed by atoms with Gasteiger partial charge in [0.25, 0.3) is 5.97 Å². The molecule has 9 heavy (non-hydrogen) atoms. The van der Waals surface area contributed by atoms with Gasteiger partial charge in [0.1, 0.15) is 0 Å². The first-order valence-corrected chi connectivity index (χ1v) is 2.36. The Balaban J connectivity index is 0.000000148. The van der Waals surface area contributed by atoms with Crippen LogP contribution in [-0.2, 0) is 4.79 Å². The fraction of sp³-hybridized carbons (Fsp3) is 0.200. The number of aliphatic carboxylic acids is 1. The Kier molecular flexibility index (Phi) is 4.12. The lowest BCUT2D eigenvalue weighted by Crippen LogP contribution is -1.78. The maximum atomic E-state index is 9.00. The molecule has 0 unspecified atom stereocenters. The topological polar surface area (TPSA) is 66.0 Å². The van der Waals surface area contributed by atoms with Crippen molar-refractivity contribution in [2.45, 2.75) is 6.92 Å². The lowest BCUT2D eigenvalue weighted by molar-refractivity contribution is -0.134. The molecular formula is C5H8N2O2. The monoisotopic (exact) mass is 128 g/mol. The third-order valence-corrected chi connectivity index (χ3v) is 0.406. The van der Waals surface area contributed by atoms with Gasteiger partial charge in [0.15, 0.2) is 0 Å². The second-order valence-corrected chi connectivity index (χ2v) is 1.29. The van der Waals surface area contributed by atoms with E-state index in [4.69, 9.17) is 9.90 Å². The van der Waals surface area contributed by atoms with E-state index in [1.54, 1.807) is 12.4 Å². The highest BCUT2D eigenvalue weighted by atomic mass is 16.4. The lowest BCUT2D eigenvalue weighted by Gasteiger charge is -1.59. The Morgan fingerprint density at radius 3 is 2.44 bits per heavy atom. The maximum Gasteiger partial charge on any atom is 0.300 e. The Morgan fingerprint density at radius 1 is 1.78 bits per heavy atom. The molecule has 0 saturated carbocycles. The first kappa shape index (κ1) is 7.68. The summed E-state index contributed by atoms with van der Waals surface area (Å²) < 4.78 is 0. The molecular weight excluding hydrogens is 120 g/mol. The number of hydrogen-bond donors (Lipinski definition) is 2. The number of rotatable bonds is 0. The summed E-state index contributed by atoms with van der Waals surface area (Å²) in [6.45, 7) is 1.08. The Labute approximate surface area is 52.5 Å². The first-order valence-electron chi connectivity index (χ1n) is 2.36. The van der Waals surface area contributed by atoms with Gasteiger partial charge in [0, 0.05) is 19.3 Å². The molecule has 0 saturated heterocycles. The number of nitrogens with one attached hydrogen (secondary N) is 1. The molecule has 2 N–H and O–H groups in total. The number of aromatic amines is 1. The van der Waals surface area contributed by atoms with Crippen molar-refractivity contribution in [1.82, 2.24) is 10.2 Å². The van der Waals surface area contributed by atoms with Crippen LogP contribution in [-0.4, -0.2) is 21.3 Å². The lowest BCUT2D eigenvalue weighted by atomic mass is 10.8. The molecule has 1 heterocycles. The average Bonchev–Trinajstić information content (AvgIpc) is 2.11. The van der Waals surface area contributed by atoms with Crippen molar-refractivity contribution in [3.8, 4) is 0 Å². The van der Waals surface area contributed by atoms with Gasteiger partial charge < -0.3 is 5.11 Å². The van der Waals surface area contributed by atoms with Gasteiger partial charge in [-0.3, -0.25) is 9.89 Å². The third kappa shape index (κ3) is 10.8. The summed E-state index contributed by atoms with van der Waals surface area (Å²) >= 11 is 0. The molecule has 0 fully saturated rings. The Morgan fingerprint density at radius 2 is 2.33 bits per heavy atom. The van der Waals surface area contributed by atoms with Crippen molar-refractivity contribution in [3.63, 3.8) is 0 Å². The zero-order valence-electron chi connectivity index (χ0n) is 5.03. The molecule has 1 aromatic heterocycles. The first-order chi connectivity index (χ1) is 4.23. The average molecular weight is 128 g/mol. The van der Waals surface area contributed by atoms with E-state index in [1.165, 1.54) is 0 Å². The van der Waals surface area contributed by atoms with Gasteiger partial charge in [-0.1, -0.05) is 0 Å². The smallest absolute Gasteiger partial charge is 0.300 e. The summed E-state index contributed by atoms with van der Waals surface area (Å²) in [5, 5.41) is 13.6. The molecule has 1 rings (SSSR count). The zero-order chi connectivity index (χ0) is 7.11. The van der Waals surface area contributed by atoms with Gasteiger partial charge in [-0.2, -0.15) is 5.10 Å². The van der Waals surface area contributed by atoms with E-state index in [0.29, 0.717) is 0 Å². The quantitative estimate of drug-likeness (QED) is 0.534. The minimum absolute atomic E-state index is 0.833. The molecule has 4 nitrogen and oxygen atoms in total. The highest BCUT2D eigenvalue weighted by Gasteiger charge is 1.65. The zero-order valence-corrected chi connectivity index (χ0v) is 5.03. The Bertz CT molecular complexity index is 127. The standard InChI is InChI=1S/C3H4N2.C2H4O2/c1-2-4-5-3-1;1-2(3)4/h1-3H,(H,4,5);1H3,(H,3,4). The molecule has 0 bridgehead atoms. The normalized spacial score (nSPS) is 7.22. The fourth-order valence-electron chi connectivity index (χ4n) is 0.215. The molecule has 0 atom stereocenters. The van der Waals surface area contributed by atoms with E-state index in [2.05, 4.69) is 10.2 Å². The minimum Gasteiger partial charge on any atom is -0.481 e. The van der Waals surface area contributed by atoms with Crippen molar-refractivity contribution < 1.29 is 9.90 Å². The molecule has 4 heteroatoms. The van der Waals surface area contributed by atoms with Crippen LogP contribution >= 0.6 is 0 Å². The summed E-state index contributed by atoms with van der Waals surface area (Å²) in [6, 6.07) is 1.83. The van der Waals surface area contributed by atoms with Gasteiger partial charge >= 0.3 is 0 Å². The second-order valence-electron chi connectivity index (χ2n) is 1.29. The Hall–Kier alpha value is -1.32. The molecule has 0 radical (unpaired) electrons. The van der Waals surface area contributed by atoms with Crippen LogP contribution in [0.1, 0.15) is 6.92 Å². The molecule has 0 spiro atoms. The summed E-state index contributed by atoms with van der Waals surface area (Å²) in [5.74, 6) is -0.833. The number of aromatic nitrogens is 2. The number of carbonyl (C=O) groups is 1.